The number of nitrogens with one attached hydrogen (secondary N) is 1. The number of carbonyl (C=O) groups excluding carboxylic acids is 1. The smallest absolute Gasteiger partial charge is 0.274 e. The summed E-state index contributed by atoms with van der Waals surface area (Å²) < 4.78 is 0. The van der Waals surface area contributed by atoms with E-state index in [1.54, 1.807) is 31.3 Å². The largest absolute Gasteiger partial charge is 0.389 e. The molecule has 1 aromatic carbocycles. The van der Waals surface area contributed by atoms with Crippen molar-refractivity contribution >= 4 is 17.3 Å². The van der Waals surface area contributed by atoms with Gasteiger partial charge in [-0.15, -0.1) is 0 Å². The molecule has 0 fully saturated rings. The number of anilines is 2. The number of aromatic nitrogens is 1. The molecule has 2 N–H and O–H groups in total. The number of para-hydroxylation sites is 1. The number of pyridine rings is 1. The lowest BCUT2D eigenvalue weighted by molar-refractivity contribution is 0.102. The lowest BCUT2D eigenvalue weighted by atomic mass is 10.1. The van der Waals surface area contributed by atoms with Crippen LogP contribution in [0.15, 0.2) is 42.6 Å². The molecule has 1 heterocycles. The van der Waals surface area contributed by atoms with Gasteiger partial charge in [0.05, 0.1) is 6.10 Å². The summed E-state index contributed by atoms with van der Waals surface area (Å²) in [5.41, 5.74) is 2.50. The van der Waals surface area contributed by atoms with Crippen LogP contribution in [0.3, 0.4) is 0 Å². The third kappa shape index (κ3) is 3.58. The Kier molecular flexibility index (Phi) is 4.55. The molecule has 2 rings (SSSR count). The molecule has 1 atom stereocenters. The normalized spacial score (nSPS) is 11.8. The van der Waals surface area contributed by atoms with E-state index >= 15 is 0 Å². The van der Waals surface area contributed by atoms with Crippen molar-refractivity contribution in [2.45, 2.75) is 13.0 Å². The minimum atomic E-state index is -0.650. The van der Waals surface area contributed by atoms with E-state index in [4.69, 9.17) is 0 Å². The average molecular weight is 285 g/mol. The van der Waals surface area contributed by atoms with Gasteiger partial charge in [0.1, 0.15) is 5.69 Å². The molecule has 5 nitrogen and oxygen atoms in total. The molecule has 21 heavy (non-hydrogen) atoms. The zero-order valence-corrected chi connectivity index (χ0v) is 12.4. The van der Waals surface area contributed by atoms with Gasteiger partial charge in [-0.05, 0) is 25.1 Å². The van der Waals surface area contributed by atoms with Crippen LogP contribution in [0.5, 0.6) is 0 Å². The molecular weight excluding hydrogens is 266 g/mol. The van der Waals surface area contributed by atoms with Crippen molar-refractivity contribution in [3.8, 4) is 0 Å². The standard InChI is InChI=1S/C16H19N3O2/c1-11(20)13-6-4-5-7-14(13)18-16(21)15-10-12(19(2)3)8-9-17-15/h4-11,20H,1-3H3,(H,18,21). The predicted octanol–water partition coefficient (Wildman–Crippen LogP) is 2.45. The molecule has 2 aromatic rings. The number of hydrogen-bond acceptors (Lipinski definition) is 4. The van der Waals surface area contributed by atoms with E-state index in [0.717, 1.165) is 5.69 Å². The van der Waals surface area contributed by atoms with Crippen LogP contribution >= 0.6 is 0 Å². The van der Waals surface area contributed by atoms with E-state index in [9.17, 15) is 9.90 Å². The quantitative estimate of drug-likeness (QED) is 0.905. The molecule has 110 valence electrons. The van der Waals surface area contributed by atoms with E-state index in [2.05, 4.69) is 10.3 Å². The number of hydrogen-bond donors (Lipinski definition) is 2. The number of aliphatic hydroxyl groups excluding tert-OH is 1. The fraction of sp³-hybridized carbons (Fsp3) is 0.250. The Morgan fingerprint density at radius 3 is 2.67 bits per heavy atom. The third-order valence-corrected chi connectivity index (χ3v) is 3.15. The van der Waals surface area contributed by atoms with Crippen LogP contribution in [0.4, 0.5) is 11.4 Å². The second-order valence-corrected chi connectivity index (χ2v) is 5.01. The van der Waals surface area contributed by atoms with Crippen LogP contribution in [0.25, 0.3) is 0 Å². The fourth-order valence-corrected chi connectivity index (χ4v) is 1.98. The van der Waals surface area contributed by atoms with Gasteiger partial charge in [0.25, 0.3) is 5.91 Å². The van der Waals surface area contributed by atoms with Gasteiger partial charge in [0.2, 0.25) is 0 Å². The topological polar surface area (TPSA) is 65.5 Å². The molecular formula is C16H19N3O2. The Labute approximate surface area is 124 Å². The predicted molar refractivity (Wildman–Crippen MR) is 83.6 cm³/mol. The summed E-state index contributed by atoms with van der Waals surface area (Å²) in [6, 6.07) is 10.7. The second-order valence-electron chi connectivity index (χ2n) is 5.01. The minimum Gasteiger partial charge on any atom is -0.389 e. The third-order valence-electron chi connectivity index (χ3n) is 3.15. The highest BCUT2D eigenvalue weighted by atomic mass is 16.3. The van der Waals surface area contributed by atoms with Crippen LogP contribution in [0.2, 0.25) is 0 Å². The number of amides is 1. The van der Waals surface area contributed by atoms with Gasteiger partial charge in [0.15, 0.2) is 0 Å². The van der Waals surface area contributed by atoms with Crippen molar-refractivity contribution in [2.24, 2.45) is 0 Å². The van der Waals surface area contributed by atoms with Crippen molar-refractivity contribution in [1.29, 1.82) is 0 Å². The number of aliphatic hydroxyl groups is 1. The van der Waals surface area contributed by atoms with Crippen LogP contribution in [-0.4, -0.2) is 30.1 Å². The summed E-state index contributed by atoms with van der Waals surface area (Å²) in [5.74, 6) is -0.299. The molecule has 0 bridgehead atoms. The number of rotatable bonds is 4. The maximum Gasteiger partial charge on any atom is 0.274 e. The molecule has 0 aliphatic carbocycles. The minimum absolute atomic E-state index is 0.299. The maximum absolute atomic E-state index is 12.3. The van der Waals surface area contributed by atoms with Gasteiger partial charge in [-0.1, -0.05) is 18.2 Å². The van der Waals surface area contributed by atoms with Gasteiger partial charge in [-0.25, -0.2) is 0 Å². The number of benzene rings is 1. The van der Waals surface area contributed by atoms with E-state index in [1.165, 1.54) is 0 Å². The lowest BCUT2D eigenvalue weighted by Crippen LogP contribution is -2.17. The molecule has 1 aromatic heterocycles. The molecule has 0 saturated heterocycles. The lowest BCUT2D eigenvalue weighted by Gasteiger charge is -2.14. The SMILES string of the molecule is CC(O)c1ccccc1NC(=O)c1cc(N(C)C)ccn1. The molecule has 0 radical (unpaired) electrons. The number of nitrogens with zero attached hydrogens (tertiary/aromatic N) is 2. The molecule has 1 unspecified atom stereocenters. The summed E-state index contributed by atoms with van der Waals surface area (Å²) in [6.45, 7) is 1.66. The molecule has 1 amide bonds. The Balaban J connectivity index is 2.24. The summed E-state index contributed by atoms with van der Waals surface area (Å²) in [7, 11) is 3.81. The summed E-state index contributed by atoms with van der Waals surface area (Å²) in [6.07, 6.45) is 0.952. The Bertz CT molecular complexity index is 639. The Hall–Kier alpha value is -2.40. The maximum atomic E-state index is 12.3. The highest BCUT2D eigenvalue weighted by Gasteiger charge is 2.13. The van der Waals surface area contributed by atoms with Crippen molar-refractivity contribution < 1.29 is 9.90 Å². The van der Waals surface area contributed by atoms with E-state index in [1.807, 2.05) is 37.2 Å². The number of carbonyl (C=O) groups is 1. The van der Waals surface area contributed by atoms with Gasteiger partial charge in [-0.3, -0.25) is 9.78 Å². The van der Waals surface area contributed by atoms with Gasteiger partial charge < -0.3 is 15.3 Å². The average Bonchev–Trinajstić information content (AvgIpc) is 2.47. The molecule has 0 saturated carbocycles. The Morgan fingerprint density at radius 2 is 2.00 bits per heavy atom. The van der Waals surface area contributed by atoms with Crippen molar-refractivity contribution in [2.75, 3.05) is 24.3 Å². The Morgan fingerprint density at radius 1 is 1.29 bits per heavy atom. The zero-order valence-electron chi connectivity index (χ0n) is 12.4. The first-order valence-corrected chi connectivity index (χ1v) is 6.70. The molecule has 0 aliphatic heterocycles. The first-order valence-electron chi connectivity index (χ1n) is 6.70. The molecule has 0 aliphatic rings. The zero-order chi connectivity index (χ0) is 15.4. The fourth-order valence-electron chi connectivity index (χ4n) is 1.98. The van der Waals surface area contributed by atoms with Crippen molar-refractivity contribution in [1.82, 2.24) is 4.98 Å². The van der Waals surface area contributed by atoms with Crippen molar-refractivity contribution in [3.05, 3.63) is 53.9 Å². The van der Waals surface area contributed by atoms with E-state index < -0.39 is 6.10 Å². The summed E-state index contributed by atoms with van der Waals surface area (Å²) in [4.78, 5) is 18.3. The summed E-state index contributed by atoms with van der Waals surface area (Å²) >= 11 is 0. The first kappa shape index (κ1) is 15.0. The van der Waals surface area contributed by atoms with Crippen LogP contribution in [0.1, 0.15) is 29.1 Å². The molecule has 5 heteroatoms. The van der Waals surface area contributed by atoms with E-state index in [0.29, 0.717) is 16.9 Å². The van der Waals surface area contributed by atoms with Crippen LogP contribution in [-0.2, 0) is 0 Å². The van der Waals surface area contributed by atoms with Crippen molar-refractivity contribution in [3.63, 3.8) is 0 Å². The van der Waals surface area contributed by atoms with E-state index in [-0.39, 0.29) is 5.91 Å². The van der Waals surface area contributed by atoms with Crippen LogP contribution in [0, 0.1) is 0 Å². The second kappa shape index (κ2) is 6.37. The van der Waals surface area contributed by atoms with Gasteiger partial charge in [0, 0.05) is 37.2 Å². The first-order chi connectivity index (χ1) is 9.99. The highest BCUT2D eigenvalue weighted by Crippen LogP contribution is 2.23. The summed E-state index contributed by atoms with van der Waals surface area (Å²) in [5, 5.41) is 12.5. The van der Waals surface area contributed by atoms with Gasteiger partial charge >= 0.3 is 0 Å². The highest BCUT2D eigenvalue weighted by molar-refractivity contribution is 6.03. The monoisotopic (exact) mass is 285 g/mol. The molecule has 0 spiro atoms. The van der Waals surface area contributed by atoms with Gasteiger partial charge in [-0.2, -0.15) is 0 Å². The van der Waals surface area contributed by atoms with Crippen LogP contribution < -0.4 is 10.2 Å².